The number of nitrogens with one attached hydrogen (secondary N) is 1. The molecule has 21 heavy (non-hydrogen) atoms. The van der Waals surface area contributed by atoms with Crippen LogP contribution in [-0.4, -0.2) is 18.0 Å². The molecule has 0 spiro atoms. The Bertz CT molecular complexity index is 691. The van der Waals surface area contributed by atoms with E-state index in [1.807, 2.05) is 42.5 Å². The second kappa shape index (κ2) is 6.70. The number of hydrogen-bond acceptors (Lipinski definition) is 3. The zero-order chi connectivity index (χ0) is 15.2. The zero-order valence-corrected chi connectivity index (χ0v) is 12.0. The van der Waals surface area contributed by atoms with Crippen molar-refractivity contribution in [2.75, 3.05) is 5.32 Å². The van der Waals surface area contributed by atoms with Crippen molar-refractivity contribution >= 4 is 28.3 Å². The van der Waals surface area contributed by atoms with Crippen LogP contribution in [0.3, 0.4) is 0 Å². The largest absolute Gasteiger partial charge is 0.449 e. The average molecular weight is 283 g/mol. The van der Waals surface area contributed by atoms with Gasteiger partial charge >= 0.3 is 5.97 Å². The summed E-state index contributed by atoms with van der Waals surface area (Å²) in [6.45, 7) is 3.25. The van der Waals surface area contributed by atoms with E-state index in [1.54, 1.807) is 13.0 Å². The van der Waals surface area contributed by atoms with Crippen molar-refractivity contribution in [2.45, 2.75) is 20.0 Å². The van der Waals surface area contributed by atoms with Gasteiger partial charge in [-0.05, 0) is 36.8 Å². The summed E-state index contributed by atoms with van der Waals surface area (Å²) < 4.78 is 4.97. The summed E-state index contributed by atoms with van der Waals surface area (Å²) in [5, 5.41) is 4.88. The van der Waals surface area contributed by atoms with Crippen molar-refractivity contribution < 1.29 is 14.3 Å². The lowest BCUT2D eigenvalue weighted by Gasteiger charge is -2.12. The Morgan fingerprint density at radius 2 is 1.86 bits per heavy atom. The van der Waals surface area contributed by atoms with Crippen molar-refractivity contribution in [3.8, 4) is 0 Å². The first-order valence-electron chi connectivity index (χ1n) is 6.73. The summed E-state index contributed by atoms with van der Waals surface area (Å²) in [5.74, 6) is -0.887. The summed E-state index contributed by atoms with van der Waals surface area (Å²) in [7, 11) is 0. The van der Waals surface area contributed by atoms with Gasteiger partial charge in [0.05, 0.1) is 0 Å². The van der Waals surface area contributed by atoms with Crippen LogP contribution in [0.25, 0.3) is 10.8 Å². The van der Waals surface area contributed by atoms with E-state index in [0.29, 0.717) is 5.69 Å². The van der Waals surface area contributed by atoms with E-state index < -0.39 is 12.1 Å². The fourth-order valence-corrected chi connectivity index (χ4v) is 1.91. The minimum atomic E-state index is -0.847. The van der Waals surface area contributed by atoms with Crippen LogP contribution in [0.4, 0.5) is 5.69 Å². The molecule has 0 unspecified atom stereocenters. The Morgan fingerprint density at radius 3 is 2.57 bits per heavy atom. The van der Waals surface area contributed by atoms with Crippen molar-refractivity contribution in [2.24, 2.45) is 0 Å². The third-order valence-electron chi connectivity index (χ3n) is 2.98. The van der Waals surface area contributed by atoms with Crippen LogP contribution in [0.2, 0.25) is 0 Å². The van der Waals surface area contributed by atoms with Crippen LogP contribution in [0.5, 0.6) is 0 Å². The lowest BCUT2D eigenvalue weighted by atomic mass is 10.1. The molecule has 2 aromatic rings. The monoisotopic (exact) mass is 283 g/mol. The molecule has 1 N–H and O–H groups in total. The van der Waals surface area contributed by atoms with Crippen LogP contribution in [0.1, 0.15) is 13.8 Å². The molecule has 4 heteroatoms. The van der Waals surface area contributed by atoms with Crippen LogP contribution in [0, 0.1) is 0 Å². The summed E-state index contributed by atoms with van der Waals surface area (Å²) in [5.41, 5.74) is 0.674. The molecule has 0 aliphatic carbocycles. The number of ether oxygens (including phenoxy) is 1. The molecule has 108 valence electrons. The maximum atomic E-state index is 12.0. The van der Waals surface area contributed by atoms with Gasteiger partial charge in [-0.2, -0.15) is 0 Å². The fourth-order valence-electron chi connectivity index (χ4n) is 1.91. The van der Waals surface area contributed by atoms with Gasteiger partial charge in [0.1, 0.15) is 0 Å². The van der Waals surface area contributed by atoms with Gasteiger partial charge in [0.25, 0.3) is 5.91 Å². The maximum Gasteiger partial charge on any atom is 0.331 e. The fraction of sp³-hybridized carbons (Fsp3) is 0.176. The molecule has 0 aliphatic rings. The molecule has 0 heterocycles. The predicted molar refractivity (Wildman–Crippen MR) is 82.9 cm³/mol. The minimum Gasteiger partial charge on any atom is -0.449 e. The van der Waals surface area contributed by atoms with Gasteiger partial charge in [-0.15, -0.1) is 0 Å². The predicted octanol–water partition coefficient (Wildman–Crippen LogP) is 3.29. The van der Waals surface area contributed by atoms with Gasteiger partial charge in [-0.1, -0.05) is 36.4 Å². The molecule has 4 nitrogen and oxygen atoms in total. The molecule has 0 bridgehead atoms. The molecule has 2 rings (SSSR count). The molecule has 0 aromatic heterocycles. The van der Waals surface area contributed by atoms with E-state index in [1.165, 1.54) is 13.0 Å². The minimum absolute atomic E-state index is 0.358. The smallest absolute Gasteiger partial charge is 0.331 e. The van der Waals surface area contributed by atoms with Crippen molar-refractivity contribution in [1.29, 1.82) is 0 Å². The quantitative estimate of drug-likeness (QED) is 0.692. The number of amides is 1. The first-order valence-corrected chi connectivity index (χ1v) is 6.73. The van der Waals surface area contributed by atoms with Gasteiger partial charge in [0.2, 0.25) is 0 Å². The number of hydrogen-bond donors (Lipinski definition) is 1. The highest BCUT2D eigenvalue weighted by Gasteiger charge is 2.16. The first-order chi connectivity index (χ1) is 10.1. The Kier molecular flexibility index (Phi) is 4.72. The van der Waals surface area contributed by atoms with E-state index in [4.69, 9.17) is 4.74 Å². The molecule has 0 saturated carbocycles. The highest BCUT2D eigenvalue weighted by atomic mass is 16.5. The number of allylic oxidation sites excluding steroid dienone is 1. The normalized spacial score (nSPS) is 12.3. The van der Waals surface area contributed by atoms with Crippen LogP contribution >= 0.6 is 0 Å². The molecule has 1 amide bonds. The number of anilines is 1. The number of carbonyl (C=O) groups is 2. The Morgan fingerprint density at radius 1 is 1.14 bits per heavy atom. The lowest BCUT2D eigenvalue weighted by Crippen LogP contribution is -2.29. The van der Waals surface area contributed by atoms with Gasteiger partial charge < -0.3 is 10.1 Å². The highest BCUT2D eigenvalue weighted by molar-refractivity contribution is 5.98. The van der Waals surface area contributed by atoms with E-state index in [2.05, 4.69) is 5.32 Å². The van der Waals surface area contributed by atoms with E-state index in [9.17, 15) is 9.59 Å². The Balaban J connectivity index is 2.05. The molecule has 0 fully saturated rings. The summed E-state index contributed by atoms with van der Waals surface area (Å²) in [6, 6.07) is 13.5. The average Bonchev–Trinajstić information content (AvgIpc) is 2.47. The maximum absolute atomic E-state index is 12.0. The SMILES string of the molecule is C/C=C\C(=O)O[C@@H](C)C(=O)Nc1ccc2ccccc2c1. The summed E-state index contributed by atoms with van der Waals surface area (Å²) in [6.07, 6.45) is 2.00. The number of rotatable bonds is 4. The molecule has 0 aliphatic heterocycles. The molecular formula is C17H17NO3. The molecular weight excluding hydrogens is 266 g/mol. The second-order valence-corrected chi connectivity index (χ2v) is 4.63. The van der Waals surface area contributed by atoms with Crippen molar-refractivity contribution in [3.05, 3.63) is 54.6 Å². The Labute approximate surface area is 123 Å². The summed E-state index contributed by atoms with van der Waals surface area (Å²) >= 11 is 0. The summed E-state index contributed by atoms with van der Waals surface area (Å²) in [4.78, 5) is 23.3. The topological polar surface area (TPSA) is 55.4 Å². The van der Waals surface area contributed by atoms with Gasteiger partial charge in [-0.3, -0.25) is 4.79 Å². The van der Waals surface area contributed by atoms with Crippen molar-refractivity contribution in [3.63, 3.8) is 0 Å². The second-order valence-electron chi connectivity index (χ2n) is 4.63. The molecule has 0 radical (unpaired) electrons. The van der Waals surface area contributed by atoms with Crippen LogP contribution < -0.4 is 5.32 Å². The highest BCUT2D eigenvalue weighted by Crippen LogP contribution is 2.19. The van der Waals surface area contributed by atoms with Crippen LogP contribution in [-0.2, 0) is 14.3 Å². The van der Waals surface area contributed by atoms with Gasteiger partial charge in [0.15, 0.2) is 6.10 Å². The van der Waals surface area contributed by atoms with E-state index in [-0.39, 0.29) is 5.91 Å². The standard InChI is InChI=1S/C17H17NO3/c1-3-6-16(19)21-12(2)17(20)18-15-10-9-13-7-4-5-8-14(13)11-15/h3-12H,1-2H3,(H,18,20)/b6-3-/t12-/m0/s1. The third-order valence-corrected chi connectivity index (χ3v) is 2.98. The third kappa shape index (κ3) is 3.92. The van der Waals surface area contributed by atoms with E-state index in [0.717, 1.165) is 10.8 Å². The van der Waals surface area contributed by atoms with Gasteiger partial charge in [-0.25, -0.2) is 4.79 Å². The zero-order valence-electron chi connectivity index (χ0n) is 12.0. The number of esters is 1. The Hall–Kier alpha value is -2.62. The first kappa shape index (κ1) is 14.8. The van der Waals surface area contributed by atoms with Crippen molar-refractivity contribution in [1.82, 2.24) is 0 Å². The lowest BCUT2D eigenvalue weighted by molar-refractivity contribution is -0.148. The van der Waals surface area contributed by atoms with Gasteiger partial charge in [0, 0.05) is 11.8 Å². The van der Waals surface area contributed by atoms with E-state index >= 15 is 0 Å². The molecule has 0 saturated heterocycles. The molecule has 1 atom stereocenters. The molecule has 2 aromatic carbocycles. The number of fused-ring (bicyclic) bond motifs is 1. The number of carbonyl (C=O) groups excluding carboxylic acids is 2. The van der Waals surface area contributed by atoms with Crippen LogP contribution in [0.15, 0.2) is 54.6 Å². The number of benzene rings is 2.